The van der Waals surface area contributed by atoms with Gasteiger partial charge in [0.05, 0.1) is 0 Å². The molecule has 0 saturated heterocycles. The first-order valence-corrected chi connectivity index (χ1v) is 10.9. The number of aliphatic hydroxyl groups excluding tert-OH is 1. The highest BCUT2D eigenvalue weighted by molar-refractivity contribution is 6.02. The maximum atomic E-state index is 13.3. The number of hydrogen-bond acceptors (Lipinski definition) is 5. The highest BCUT2D eigenvalue weighted by Gasteiger charge is 2.68. The molecule has 0 bridgehead atoms. The minimum Gasteiger partial charge on any atom is -0.388 e. The molecule has 5 nitrogen and oxygen atoms in total. The van der Waals surface area contributed by atoms with E-state index in [4.69, 9.17) is 0 Å². The van der Waals surface area contributed by atoms with Gasteiger partial charge in [-0.15, -0.1) is 0 Å². The number of hydrogen-bond donors (Lipinski definition) is 2. The molecule has 0 aromatic rings. The summed E-state index contributed by atoms with van der Waals surface area (Å²) in [6.07, 6.45) is 9.07. The molecule has 6 atom stereocenters. The summed E-state index contributed by atoms with van der Waals surface area (Å²) in [6.45, 7) is 7.44. The number of carbonyl (C=O) groups is 3. The van der Waals surface area contributed by atoms with Crippen molar-refractivity contribution in [2.45, 2.75) is 71.8 Å². The zero-order valence-corrected chi connectivity index (χ0v) is 18.0. The second-order valence-electron chi connectivity index (χ2n) is 9.72. The van der Waals surface area contributed by atoms with Crippen molar-refractivity contribution >= 4 is 17.3 Å². The summed E-state index contributed by atoms with van der Waals surface area (Å²) < 4.78 is 0. The molecule has 5 heteroatoms. The fraction of sp³-hybridized carbons (Fsp3) is 0.708. The normalized spacial score (nSPS) is 42.8. The van der Waals surface area contributed by atoms with Crippen LogP contribution >= 0.6 is 0 Å². The van der Waals surface area contributed by atoms with E-state index in [1.54, 1.807) is 12.2 Å². The molecule has 3 fully saturated rings. The second-order valence-corrected chi connectivity index (χ2v) is 9.72. The third-order valence-electron chi connectivity index (χ3n) is 8.01. The molecule has 0 aromatic carbocycles. The summed E-state index contributed by atoms with van der Waals surface area (Å²) in [5.74, 6) is -0.590. The van der Waals surface area contributed by atoms with Crippen molar-refractivity contribution in [3.63, 3.8) is 0 Å². The largest absolute Gasteiger partial charge is 0.388 e. The second kappa shape index (κ2) is 7.59. The molecule has 0 aliphatic heterocycles. The van der Waals surface area contributed by atoms with Crippen molar-refractivity contribution < 1.29 is 24.6 Å². The molecule has 0 aromatic heterocycles. The lowest BCUT2D eigenvalue weighted by atomic mass is 9.46. The summed E-state index contributed by atoms with van der Waals surface area (Å²) in [5.41, 5.74) is -1.86. The number of rotatable bonds is 2. The van der Waals surface area contributed by atoms with Crippen LogP contribution in [-0.4, -0.2) is 39.8 Å². The number of Topliss-reactive ketones (excluding diaryl/α,β-unsaturated/α-hetero) is 2. The van der Waals surface area contributed by atoms with E-state index in [-0.39, 0.29) is 35.7 Å². The van der Waals surface area contributed by atoms with E-state index in [9.17, 15) is 24.6 Å². The van der Waals surface area contributed by atoms with Crippen LogP contribution in [0.3, 0.4) is 0 Å². The molecule has 4 aliphatic rings. The van der Waals surface area contributed by atoms with Crippen LogP contribution in [0, 0.1) is 28.6 Å². The van der Waals surface area contributed by atoms with Crippen molar-refractivity contribution in [2.24, 2.45) is 28.6 Å². The maximum absolute atomic E-state index is 13.3. The molecule has 2 N–H and O–H groups in total. The van der Waals surface area contributed by atoms with Gasteiger partial charge in [-0.3, -0.25) is 14.4 Å². The summed E-state index contributed by atoms with van der Waals surface area (Å²) in [7, 11) is 0. The molecule has 29 heavy (non-hydrogen) atoms. The third-order valence-corrected chi connectivity index (χ3v) is 8.01. The first-order valence-electron chi connectivity index (χ1n) is 10.9. The number of aliphatic hydroxyl groups is 2. The lowest BCUT2D eigenvalue weighted by Crippen LogP contribution is -2.60. The average molecular weight is 403 g/mol. The number of allylic oxidation sites excluding steroid dienone is 4. The minimum absolute atomic E-state index is 0.0206. The van der Waals surface area contributed by atoms with Gasteiger partial charge in [0.1, 0.15) is 18.0 Å². The van der Waals surface area contributed by atoms with Gasteiger partial charge >= 0.3 is 0 Å². The first kappa shape index (κ1) is 22.1. The van der Waals surface area contributed by atoms with Gasteiger partial charge in [-0.25, -0.2) is 0 Å². The number of ketones is 3. The van der Waals surface area contributed by atoms with E-state index in [0.29, 0.717) is 12.8 Å². The summed E-state index contributed by atoms with van der Waals surface area (Å²) in [4.78, 5) is 37.4. The summed E-state index contributed by atoms with van der Waals surface area (Å²) in [5, 5.41) is 20.5. The molecule has 3 saturated carbocycles. The Morgan fingerprint density at radius 3 is 2.48 bits per heavy atom. The standard InChI is InChI=1S/C21H26O5.C3H8/c1-19-7-5-13(23)9-12(19)3-4-14-15-6-8-21(26,17(25)11-22)20(15,2)10-16(24)18(14)19;1-3-2/h5,7,9,14-15,18,22,26H,3-4,6,8,10-11H2,1-2H3;3H2,1-2H3/t14-,15-,18+,19-,20-,21-;/m0./s1. The minimum atomic E-state index is -1.62. The average Bonchev–Trinajstić information content (AvgIpc) is 2.93. The van der Waals surface area contributed by atoms with E-state index in [1.807, 2.05) is 19.9 Å². The van der Waals surface area contributed by atoms with E-state index >= 15 is 0 Å². The smallest absolute Gasteiger partial charge is 0.190 e. The quantitative estimate of drug-likeness (QED) is 0.740. The van der Waals surface area contributed by atoms with Crippen LogP contribution in [0.4, 0.5) is 0 Å². The monoisotopic (exact) mass is 402 g/mol. The first-order chi connectivity index (χ1) is 13.6. The van der Waals surface area contributed by atoms with Gasteiger partial charge in [0.25, 0.3) is 0 Å². The Morgan fingerprint density at radius 2 is 1.86 bits per heavy atom. The van der Waals surface area contributed by atoms with Crippen LogP contribution < -0.4 is 0 Å². The van der Waals surface area contributed by atoms with E-state index in [0.717, 1.165) is 18.4 Å². The van der Waals surface area contributed by atoms with Crippen LogP contribution in [-0.2, 0) is 14.4 Å². The van der Waals surface area contributed by atoms with Crippen molar-refractivity contribution in [3.8, 4) is 0 Å². The van der Waals surface area contributed by atoms with Gasteiger partial charge in [-0.05, 0) is 49.7 Å². The van der Waals surface area contributed by atoms with Crippen LogP contribution in [0.2, 0.25) is 0 Å². The van der Waals surface area contributed by atoms with Crippen molar-refractivity contribution in [2.75, 3.05) is 6.61 Å². The van der Waals surface area contributed by atoms with E-state index < -0.39 is 28.8 Å². The number of fused-ring (bicyclic) bond motifs is 5. The van der Waals surface area contributed by atoms with Crippen molar-refractivity contribution in [1.82, 2.24) is 0 Å². The van der Waals surface area contributed by atoms with Crippen molar-refractivity contribution in [1.29, 1.82) is 0 Å². The van der Waals surface area contributed by atoms with Gasteiger partial charge in [0, 0.05) is 23.2 Å². The van der Waals surface area contributed by atoms with Crippen LogP contribution in [0.1, 0.15) is 66.2 Å². The lowest BCUT2D eigenvalue weighted by molar-refractivity contribution is -0.168. The lowest BCUT2D eigenvalue weighted by Gasteiger charge is -2.56. The Labute approximate surface area is 173 Å². The molecular weight excluding hydrogens is 368 g/mol. The Balaban J connectivity index is 0.000000755. The van der Waals surface area contributed by atoms with Gasteiger partial charge in [0.2, 0.25) is 0 Å². The highest BCUT2D eigenvalue weighted by atomic mass is 16.3. The fourth-order valence-electron chi connectivity index (χ4n) is 6.62. The van der Waals surface area contributed by atoms with E-state index in [2.05, 4.69) is 13.8 Å². The third kappa shape index (κ3) is 3.09. The molecule has 0 unspecified atom stereocenters. The Morgan fingerprint density at radius 1 is 1.21 bits per heavy atom. The van der Waals surface area contributed by atoms with Crippen LogP contribution in [0.25, 0.3) is 0 Å². The maximum Gasteiger partial charge on any atom is 0.190 e. The molecule has 0 radical (unpaired) electrons. The topological polar surface area (TPSA) is 91.7 Å². The molecule has 0 heterocycles. The Hall–Kier alpha value is -1.59. The predicted octanol–water partition coefficient (Wildman–Crippen LogP) is 3.18. The number of carbonyl (C=O) groups excluding carboxylic acids is 3. The fourth-order valence-corrected chi connectivity index (χ4v) is 6.62. The molecule has 0 amide bonds. The molecule has 4 aliphatic carbocycles. The predicted molar refractivity (Wildman–Crippen MR) is 110 cm³/mol. The van der Waals surface area contributed by atoms with Crippen LogP contribution in [0.15, 0.2) is 23.8 Å². The highest BCUT2D eigenvalue weighted by Crippen LogP contribution is 2.66. The van der Waals surface area contributed by atoms with Gasteiger partial charge in [-0.2, -0.15) is 0 Å². The molecule has 0 spiro atoms. The van der Waals surface area contributed by atoms with Gasteiger partial charge in [-0.1, -0.05) is 45.8 Å². The summed E-state index contributed by atoms with van der Waals surface area (Å²) >= 11 is 0. The zero-order valence-electron chi connectivity index (χ0n) is 18.0. The molecular formula is C24H34O5. The van der Waals surface area contributed by atoms with Gasteiger partial charge < -0.3 is 10.2 Å². The Kier molecular flexibility index (Phi) is 5.78. The molecule has 4 rings (SSSR count). The molecule has 160 valence electrons. The van der Waals surface area contributed by atoms with Gasteiger partial charge in [0.15, 0.2) is 11.6 Å². The summed E-state index contributed by atoms with van der Waals surface area (Å²) in [6, 6.07) is 0. The van der Waals surface area contributed by atoms with Crippen LogP contribution in [0.5, 0.6) is 0 Å². The van der Waals surface area contributed by atoms with Crippen molar-refractivity contribution in [3.05, 3.63) is 23.8 Å². The van der Waals surface area contributed by atoms with E-state index in [1.165, 1.54) is 6.42 Å². The Bertz CT molecular complexity index is 780. The SMILES string of the molecule is CCC.C[C@]12C=CC(=O)C=C1CC[C@@H]1[C@@H]2C(=O)C[C@@]2(C)[C@H]1CC[C@]2(O)C(=O)CO. The zero-order chi connectivity index (χ0) is 21.6.